The van der Waals surface area contributed by atoms with E-state index >= 15 is 0 Å². The molecule has 1 N–H and O–H groups in total. The Hall–Kier alpha value is -3.34. The van der Waals surface area contributed by atoms with Crippen LogP contribution in [0.1, 0.15) is 24.7 Å². The number of benzene rings is 2. The van der Waals surface area contributed by atoms with Crippen LogP contribution in [0.4, 0.5) is 5.69 Å². The molecule has 0 atom stereocenters. The number of hydrogen-bond acceptors (Lipinski definition) is 3. The molecular weight excluding hydrogens is 352 g/mol. The van der Waals surface area contributed by atoms with Crippen molar-refractivity contribution >= 4 is 34.5 Å². The predicted octanol–water partition coefficient (Wildman–Crippen LogP) is 4.63. The summed E-state index contributed by atoms with van der Waals surface area (Å²) in [4.78, 5) is 26.5. The summed E-state index contributed by atoms with van der Waals surface area (Å²) in [7, 11) is 0. The van der Waals surface area contributed by atoms with Gasteiger partial charge in [-0.2, -0.15) is 0 Å². The number of para-hydroxylation sites is 2. The minimum atomic E-state index is -0.220. The number of nitrogens with zero attached hydrogens (tertiary/aromatic N) is 1. The largest absolute Gasteiger partial charge is 0.457 e. The molecule has 0 aliphatic rings. The molecule has 2 aromatic carbocycles. The van der Waals surface area contributed by atoms with Gasteiger partial charge in [-0.05, 0) is 43.2 Å². The van der Waals surface area contributed by atoms with E-state index in [4.69, 9.17) is 4.42 Å². The van der Waals surface area contributed by atoms with E-state index in [9.17, 15) is 9.59 Å². The SMILES string of the molecule is CCCN(CC(=O)Nc1ccccc1C)C(=O)/C=C/c1cc2ccccc2o1. The third kappa shape index (κ3) is 4.88. The molecule has 5 nitrogen and oxygen atoms in total. The molecule has 3 aromatic rings. The topological polar surface area (TPSA) is 62.6 Å². The van der Waals surface area contributed by atoms with E-state index in [1.54, 1.807) is 6.08 Å². The predicted molar refractivity (Wildman–Crippen MR) is 112 cm³/mol. The third-order valence-corrected chi connectivity index (χ3v) is 4.39. The Morgan fingerprint density at radius 2 is 1.86 bits per heavy atom. The first-order valence-electron chi connectivity index (χ1n) is 9.38. The molecule has 0 bridgehead atoms. The molecule has 1 aromatic heterocycles. The average molecular weight is 376 g/mol. The van der Waals surface area contributed by atoms with Gasteiger partial charge in [0.25, 0.3) is 0 Å². The van der Waals surface area contributed by atoms with Gasteiger partial charge >= 0.3 is 0 Å². The number of anilines is 1. The highest BCUT2D eigenvalue weighted by atomic mass is 16.3. The average Bonchev–Trinajstić information content (AvgIpc) is 3.10. The monoisotopic (exact) mass is 376 g/mol. The Kier molecular flexibility index (Phi) is 6.27. The molecule has 2 amide bonds. The number of aryl methyl sites for hydroxylation is 1. The second-order valence-electron chi connectivity index (χ2n) is 6.64. The van der Waals surface area contributed by atoms with Crippen LogP contribution in [-0.2, 0) is 9.59 Å². The summed E-state index contributed by atoms with van der Waals surface area (Å²) >= 11 is 0. The van der Waals surface area contributed by atoms with Gasteiger partial charge in [-0.15, -0.1) is 0 Å². The van der Waals surface area contributed by atoms with E-state index in [-0.39, 0.29) is 18.4 Å². The van der Waals surface area contributed by atoms with E-state index in [1.807, 2.05) is 68.4 Å². The summed E-state index contributed by atoms with van der Waals surface area (Å²) in [5.41, 5.74) is 2.51. The van der Waals surface area contributed by atoms with E-state index in [2.05, 4.69) is 5.32 Å². The highest BCUT2D eigenvalue weighted by Crippen LogP contribution is 2.19. The van der Waals surface area contributed by atoms with Gasteiger partial charge in [0.05, 0.1) is 0 Å². The number of hydrogen-bond donors (Lipinski definition) is 1. The molecule has 0 aliphatic heterocycles. The highest BCUT2D eigenvalue weighted by Gasteiger charge is 2.15. The molecule has 3 rings (SSSR count). The van der Waals surface area contributed by atoms with Crippen molar-refractivity contribution in [2.24, 2.45) is 0 Å². The zero-order chi connectivity index (χ0) is 19.9. The zero-order valence-corrected chi connectivity index (χ0v) is 16.1. The normalized spacial score (nSPS) is 11.1. The van der Waals surface area contributed by atoms with Crippen LogP contribution in [0, 0.1) is 6.92 Å². The minimum Gasteiger partial charge on any atom is -0.457 e. The standard InChI is InChI=1S/C23H24N2O3/c1-3-14-25(16-22(26)24-20-10-6-4-8-17(20)2)23(27)13-12-19-15-18-9-5-7-11-21(18)28-19/h4-13,15H,3,14,16H2,1-2H3,(H,24,26)/b13-12+. The van der Waals surface area contributed by atoms with Crippen LogP contribution >= 0.6 is 0 Å². The summed E-state index contributed by atoms with van der Waals surface area (Å²) < 4.78 is 5.69. The summed E-state index contributed by atoms with van der Waals surface area (Å²) in [6.45, 7) is 4.42. The number of rotatable bonds is 7. The van der Waals surface area contributed by atoms with E-state index in [0.717, 1.165) is 28.6 Å². The van der Waals surface area contributed by atoms with Crippen molar-refractivity contribution in [1.82, 2.24) is 4.90 Å². The summed E-state index contributed by atoms with van der Waals surface area (Å²) in [5.74, 6) is 0.172. The lowest BCUT2D eigenvalue weighted by Crippen LogP contribution is -2.37. The molecule has 0 unspecified atom stereocenters. The maximum Gasteiger partial charge on any atom is 0.247 e. The Labute approximate surface area is 164 Å². The van der Waals surface area contributed by atoms with Gasteiger partial charge in [0.15, 0.2) is 0 Å². The molecule has 0 saturated carbocycles. The summed E-state index contributed by atoms with van der Waals surface area (Å²) in [6, 6.07) is 17.1. The zero-order valence-electron chi connectivity index (χ0n) is 16.1. The van der Waals surface area contributed by atoms with Gasteiger partial charge in [0.1, 0.15) is 17.9 Å². The van der Waals surface area contributed by atoms with Crippen LogP contribution in [0.2, 0.25) is 0 Å². The maximum atomic E-state index is 12.6. The van der Waals surface area contributed by atoms with Crippen LogP contribution < -0.4 is 5.32 Å². The van der Waals surface area contributed by atoms with Gasteiger partial charge in [0.2, 0.25) is 11.8 Å². The first kappa shape index (κ1) is 19.4. The Bertz CT molecular complexity index is 971. The minimum absolute atomic E-state index is 0.00543. The van der Waals surface area contributed by atoms with Gasteiger partial charge in [-0.1, -0.05) is 43.3 Å². The van der Waals surface area contributed by atoms with Crippen molar-refractivity contribution in [2.75, 3.05) is 18.4 Å². The van der Waals surface area contributed by atoms with Crippen LogP contribution in [0.3, 0.4) is 0 Å². The number of fused-ring (bicyclic) bond motifs is 1. The van der Waals surface area contributed by atoms with Crippen molar-refractivity contribution in [3.05, 3.63) is 72.0 Å². The molecule has 0 fully saturated rings. The Morgan fingerprint density at radius 3 is 2.61 bits per heavy atom. The highest BCUT2D eigenvalue weighted by molar-refractivity contribution is 5.98. The second-order valence-corrected chi connectivity index (χ2v) is 6.64. The Morgan fingerprint density at radius 1 is 1.11 bits per heavy atom. The van der Waals surface area contributed by atoms with Crippen molar-refractivity contribution in [3.63, 3.8) is 0 Å². The van der Waals surface area contributed by atoms with Gasteiger partial charge in [-0.3, -0.25) is 9.59 Å². The van der Waals surface area contributed by atoms with Crippen molar-refractivity contribution < 1.29 is 14.0 Å². The molecule has 28 heavy (non-hydrogen) atoms. The fourth-order valence-corrected chi connectivity index (χ4v) is 2.96. The lowest BCUT2D eigenvalue weighted by atomic mass is 10.2. The number of nitrogens with one attached hydrogen (secondary N) is 1. The number of carbonyl (C=O) groups excluding carboxylic acids is 2. The molecule has 0 radical (unpaired) electrons. The molecule has 0 saturated heterocycles. The van der Waals surface area contributed by atoms with Gasteiger partial charge in [-0.25, -0.2) is 0 Å². The third-order valence-electron chi connectivity index (χ3n) is 4.39. The van der Waals surface area contributed by atoms with E-state index in [0.29, 0.717) is 12.3 Å². The fraction of sp³-hybridized carbons (Fsp3) is 0.217. The van der Waals surface area contributed by atoms with Crippen LogP contribution in [0.5, 0.6) is 0 Å². The van der Waals surface area contributed by atoms with Gasteiger partial charge in [0, 0.05) is 23.7 Å². The maximum absolute atomic E-state index is 12.6. The van der Waals surface area contributed by atoms with Gasteiger partial charge < -0.3 is 14.6 Å². The molecule has 0 spiro atoms. The molecule has 1 heterocycles. The van der Waals surface area contributed by atoms with Crippen LogP contribution in [0.15, 0.2) is 65.1 Å². The Balaban J connectivity index is 1.65. The quantitative estimate of drug-likeness (QED) is 0.612. The van der Waals surface area contributed by atoms with E-state index < -0.39 is 0 Å². The van der Waals surface area contributed by atoms with Crippen LogP contribution in [-0.4, -0.2) is 29.8 Å². The summed E-state index contributed by atoms with van der Waals surface area (Å²) in [6.07, 6.45) is 3.86. The number of carbonyl (C=O) groups is 2. The number of amides is 2. The lowest BCUT2D eigenvalue weighted by Gasteiger charge is -2.20. The summed E-state index contributed by atoms with van der Waals surface area (Å²) in [5, 5.41) is 3.85. The molecular formula is C23H24N2O3. The first-order valence-corrected chi connectivity index (χ1v) is 9.38. The smallest absolute Gasteiger partial charge is 0.247 e. The van der Waals surface area contributed by atoms with Crippen molar-refractivity contribution in [2.45, 2.75) is 20.3 Å². The molecule has 5 heteroatoms. The lowest BCUT2D eigenvalue weighted by molar-refractivity contribution is -0.130. The first-order chi connectivity index (χ1) is 13.6. The fourth-order valence-electron chi connectivity index (χ4n) is 2.96. The number of furan rings is 1. The van der Waals surface area contributed by atoms with Crippen molar-refractivity contribution in [3.8, 4) is 0 Å². The molecule has 144 valence electrons. The second kappa shape index (κ2) is 9.04. The van der Waals surface area contributed by atoms with Crippen LogP contribution in [0.25, 0.3) is 17.0 Å². The van der Waals surface area contributed by atoms with Crippen molar-refractivity contribution in [1.29, 1.82) is 0 Å². The molecule has 0 aliphatic carbocycles. The van der Waals surface area contributed by atoms with E-state index in [1.165, 1.54) is 11.0 Å².